The second-order valence-corrected chi connectivity index (χ2v) is 6.26. The summed E-state index contributed by atoms with van der Waals surface area (Å²) >= 11 is 0. The first-order chi connectivity index (χ1) is 12.8. The van der Waals surface area contributed by atoms with Crippen molar-refractivity contribution >= 4 is 17.6 Å². The molecule has 2 heterocycles. The average molecular weight is 367 g/mol. The van der Waals surface area contributed by atoms with E-state index in [1.807, 2.05) is 20.9 Å². The molecule has 2 N–H and O–H groups in total. The van der Waals surface area contributed by atoms with Gasteiger partial charge in [-0.05, 0) is 44.5 Å². The quantitative estimate of drug-likeness (QED) is 0.691. The Bertz CT molecular complexity index is 1030. The predicted octanol–water partition coefficient (Wildman–Crippen LogP) is 2.77. The highest BCUT2D eigenvalue weighted by atomic mass is 16.5. The van der Waals surface area contributed by atoms with Crippen LogP contribution in [0.5, 0.6) is 0 Å². The van der Waals surface area contributed by atoms with Crippen molar-refractivity contribution in [1.82, 2.24) is 20.0 Å². The van der Waals surface area contributed by atoms with Crippen LogP contribution in [0.15, 0.2) is 24.3 Å². The van der Waals surface area contributed by atoms with Gasteiger partial charge in [-0.2, -0.15) is 10.2 Å². The van der Waals surface area contributed by atoms with E-state index in [4.69, 9.17) is 4.74 Å². The Hall–Kier alpha value is -3.42. The zero-order valence-electron chi connectivity index (χ0n) is 15.9. The molecule has 0 aliphatic carbocycles. The fourth-order valence-electron chi connectivity index (χ4n) is 3.00. The molecule has 0 aliphatic heterocycles. The van der Waals surface area contributed by atoms with Crippen LogP contribution >= 0.6 is 0 Å². The van der Waals surface area contributed by atoms with Crippen LogP contribution in [0.2, 0.25) is 0 Å². The van der Waals surface area contributed by atoms with Gasteiger partial charge in [-0.25, -0.2) is 4.79 Å². The first-order valence-corrected chi connectivity index (χ1v) is 8.38. The highest BCUT2D eigenvalue weighted by Crippen LogP contribution is 2.26. The second kappa shape index (κ2) is 7.06. The Balaban J connectivity index is 1.87. The van der Waals surface area contributed by atoms with Gasteiger partial charge in [-0.3, -0.25) is 14.6 Å². The molecule has 1 amide bonds. The molecule has 0 bridgehead atoms. The predicted molar refractivity (Wildman–Crippen MR) is 101 cm³/mol. The summed E-state index contributed by atoms with van der Waals surface area (Å²) in [5.41, 5.74) is 5.25. The molecule has 0 spiro atoms. The molecule has 0 unspecified atom stereocenters. The molecule has 8 heteroatoms. The number of aromatic amines is 1. The maximum Gasteiger partial charge on any atom is 0.338 e. The summed E-state index contributed by atoms with van der Waals surface area (Å²) in [6, 6.07) is 6.76. The lowest BCUT2D eigenvalue weighted by Crippen LogP contribution is -2.14. The number of H-pyrrole nitrogens is 1. The summed E-state index contributed by atoms with van der Waals surface area (Å²) in [5, 5.41) is 14.2. The van der Waals surface area contributed by atoms with Crippen molar-refractivity contribution in [1.29, 1.82) is 0 Å². The minimum Gasteiger partial charge on any atom is -0.465 e. The van der Waals surface area contributed by atoms with Gasteiger partial charge in [0.2, 0.25) is 0 Å². The lowest BCUT2D eigenvalue weighted by molar-refractivity contribution is 0.0599. The fraction of sp³-hybridized carbons (Fsp3) is 0.263. The molecule has 0 aliphatic rings. The highest BCUT2D eigenvalue weighted by molar-refractivity contribution is 6.05. The van der Waals surface area contributed by atoms with E-state index in [1.54, 1.807) is 35.9 Å². The molecule has 27 heavy (non-hydrogen) atoms. The van der Waals surface area contributed by atoms with E-state index in [0.29, 0.717) is 28.2 Å². The van der Waals surface area contributed by atoms with Crippen molar-refractivity contribution in [3.63, 3.8) is 0 Å². The van der Waals surface area contributed by atoms with Gasteiger partial charge in [0.25, 0.3) is 5.91 Å². The summed E-state index contributed by atoms with van der Waals surface area (Å²) in [4.78, 5) is 24.4. The molecule has 2 aromatic heterocycles. The number of benzene rings is 1. The van der Waals surface area contributed by atoms with E-state index in [-0.39, 0.29) is 5.91 Å². The highest BCUT2D eigenvalue weighted by Gasteiger charge is 2.18. The van der Waals surface area contributed by atoms with Gasteiger partial charge >= 0.3 is 5.97 Å². The van der Waals surface area contributed by atoms with E-state index in [0.717, 1.165) is 17.0 Å². The molecule has 3 rings (SSSR count). The number of methoxy groups -OCH3 is 1. The average Bonchev–Trinajstić information content (AvgIpc) is 3.21. The summed E-state index contributed by atoms with van der Waals surface area (Å²) < 4.78 is 6.54. The van der Waals surface area contributed by atoms with Crippen molar-refractivity contribution in [3.8, 4) is 11.3 Å². The minimum absolute atomic E-state index is 0.315. The molecule has 0 saturated carbocycles. The number of esters is 1. The number of hydrogen-bond acceptors (Lipinski definition) is 5. The number of hydrogen-bond donors (Lipinski definition) is 2. The third-order valence-corrected chi connectivity index (χ3v) is 4.57. The third kappa shape index (κ3) is 3.33. The second-order valence-electron chi connectivity index (χ2n) is 6.26. The van der Waals surface area contributed by atoms with Gasteiger partial charge in [0, 0.05) is 24.0 Å². The molecular weight excluding hydrogens is 346 g/mol. The number of nitrogens with one attached hydrogen (secondary N) is 2. The van der Waals surface area contributed by atoms with Crippen LogP contribution < -0.4 is 5.32 Å². The Morgan fingerprint density at radius 2 is 1.96 bits per heavy atom. The van der Waals surface area contributed by atoms with Crippen LogP contribution in [0.1, 0.15) is 37.8 Å². The standard InChI is InChI=1S/C19H21N5O3/c1-10-13(19(26)27-5)7-6-8-14(10)20-18(25)16-9-15(21-22-16)17-11(2)23-24(4)12(17)3/h6-9H,1-5H3,(H,20,25)(H,21,22). The van der Waals surface area contributed by atoms with Crippen molar-refractivity contribution in [3.05, 3.63) is 52.5 Å². The monoisotopic (exact) mass is 367 g/mol. The van der Waals surface area contributed by atoms with Gasteiger partial charge in [-0.1, -0.05) is 6.07 Å². The van der Waals surface area contributed by atoms with Crippen LogP contribution in [0.4, 0.5) is 5.69 Å². The molecule has 0 atom stereocenters. The maximum atomic E-state index is 12.6. The SMILES string of the molecule is COC(=O)c1cccc(NC(=O)c2cc(-c3c(C)nn(C)c3C)n[nH]2)c1C. The van der Waals surface area contributed by atoms with Crippen LogP contribution in [0.25, 0.3) is 11.3 Å². The summed E-state index contributed by atoms with van der Waals surface area (Å²) in [6.07, 6.45) is 0. The van der Waals surface area contributed by atoms with E-state index in [2.05, 4.69) is 20.6 Å². The number of rotatable bonds is 4. The summed E-state index contributed by atoms with van der Waals surface area (Å²) in [7, 11) is 3.19. The number of aromatic nitrogens is 4. The number of anilines is 1. The van der Waals surface area contributed by atoms with Gasteiger partial charge < -0.3 is 10.1 Å². The molecule has 0 fully saturated rings. The third-order valence-electron chi connectivity index (χ3n) is 4.57. The van der Waals surface area contributed by atoms with Crippen molar-refractivity contribution < 1.29 is 14.3 Å². The number of amides is 1. The van der Waals surface area contributed by atoms with Gasteiger partial charge in [-0.15, -0.1) is 0 Å². The molecule has 1 aromatic carbocycles. The van der Waals surface area contributed by atoms with E-state index in [9.17, 15) is 9.59 Å². The number of carbonyl (C=O) groups is 2. The Kier molecular flexibility index (Phi) is 4.81. The fourth-order valence-corrected chi connectivity index (χ4v) is 3.00. The number of carbonyl (C=O) groups excluding carboxylic acids is 2. The van der Waals surface area contributed by atoms with Crippen LogP contribution in [0, 0.1) is 20.8 Å². The van der Waals surface area contributed by atoms with Gasteiger partial charge in [0.05, 0.1) is 24.1 Å². The maximum absolute atomic E-state index is 12.6. The van der Waals surface area contributed by atoms with Gasteiger partial charge in [0.15, 0.2) is 0 Å². The molecular formula is C19H21N5O3. The smallest absolute Gasteiger partial charge is 0.338 e. The Labute approximate surface area is 156 Å². The molecule has 140 valence electrons. The van der Waals surface area contributed by atoms with Crippen LogP contribution in [-0.4, -0.2) is 39.0 Å². The molecule has 3 aromatic rings. The van der Waals surface area contributed by atoms with Crippen molar-refractivity contribution in [2.45, 2.75) is 20.8 Å². The minimum atomic E-state index is -0.449. The first-order valence-electron chi connectivity index (χ1n) is 8.38. The first kappa shape index (κ1) is 18.4. The lowest BCUT2D eigenvalue weighted by Gasteiger charge is -2.10. The normalized spacial score (nSPS) is 10.7. The zero-order valence-corrected chi connectivity index (χ0v) is 15.9. The number of nitrogens with zero attached hydrogens (tertiary/aromatic N) is 3. The number of ether oxygens (including phenoxy) is 1. The number of aryl methyl sites for hydroxylation is 2. The zero-order chi connectivity index (χ0) is 19.7. The van der Waals surface area contributed by atoms with Crippen LogP contribution in [0.3, 0.4) is 0 Å². The van der Waals surface area contributed by atoms with E-state index in [1.165, 1.54) is 7.11 Å². The van der Waals surface area contributed by atoms with E-state index >= 15 is 0 Å². The molecule has 0 radical (unpaired) electrons. The lowest BCUT2D eigenvalue weighted by atomic mass is 10.1. The Morgan fingerprint density at radius 3 is 2.59 bits per heavy atom. The topological polar surface area (TPSA) is 102 Å². The summed E-state index contributed by atoms with van der Waals surface area (Å²) in [6.45, 7) is 5.60. The summed E-state index contributed by atoms with van der Waals surface area (Å²) in [5.74, 6) is -0.798. The van der Waals surface area contributed by atoms with E-state index < -0.39 is 5.97 Å². The van der Waals surface area contributed by atoms with Crippen molar-refractivity contribution in [2.24, 2.45) is 7.05 Å². The molecule has 8 nitrogen and oxygen atoms in total. The molecule has 0 saturated heterocycles. The van der Waals surface area contributed by atoms with Gasteiger partial charge in [0.1, 0.15) is 5.69 Å². The van der Waals surface area contributed by atoms with Crippen LogP contribution in [-0.2, 0) is 11.8 Å². The largest absolute Gasteiger partial charge is 0.465 e. The Morgan fingerprint density at radius 1 is 1.22 bits per heavy atom. The van der Waals surface area contributed by atoms with Crippen molar-refractivity contribution in [2.75, 3.05) is 12.4 Å².